The van der Waals surface area contributed by atoms with Crippen molar-refractivity contribution in [3.05, 3.63) is 41.9 Å². The van der Waals surface area contributed by atoms with Gasteiger partial charge >= 0.3 is 0 Å². The van der Waals surface area contributed by atoms with E-state index in [0.717, 1.165) is 19.4 Å². The number of carbonyl (C=O) groups excluding carboxylic acids is 1. The zero-order valence-corrected chi connectivity index (χ0v) is 13.3. The average Bonchev–Trinajstić information content (AvgIpc) is 2.56. The third-order valence-electron chi connectivity index (χ3n) is 2.99. The molecule has 5 nitrogen and oxygen atoms in total. The average molecular weight is 319 g/mol. The van der Waals surface area contributed by atoms with Gasteiger partial charge in [0.1, 0.15) is 17.5 Å². The first-order valence-corrected chi connectivity index (χ1v) is 7.65. The molecule has 0 aliphatic carbocycles. The summed E-state index contributed by atoms with van der Waals surface area (Å²) in [5.74, 6) is -0.797. The number of nitrogens with zero attached hydrogens (tertiary/aromatic N) is 1. The summed E-state index contributed by atoms with van der Waals surface area (Å²) in [6.07, 6.45) is 4.12. The van der Waals surface area contributed by atoms with Gasteiger partial charge in [-0.3, -0.25) is 4.79 Å². The van der Waals surface area contributed by atoms with Crippen LogP contribution >= 0.6 is 0 Å². The fourth-order valence-corrected chi connectivity index (χ4v) is 1.67. The van der Waals surface area contributed by atoms with Gasteiger partial charge in [-0.2, -0.15) is 5.26 Å². The first-order chi connectivity index (χ1) is 11.2. The molecule has 2 N–H and O–H groups in total. The summed E-state index contributed by atoms with van der Waals surface area (Å²) in [5, 5.41) is 14.5. The summed E-state index contributed by atoms with van der Waals surface area (Å²) in [6, 6.07) is 7.46. The SMILES string of the molecule is CCCCOCCCNC(=O)/C(C#N)=C\Nc1ccc(F)cc1. The molecule has 0 unspecified atom stereocenters. The van der Waals surface area contributed by atoms with Crippen LogP contribution in [0.2, 0.25) is 0 Å². The first-order valence-electron chi connectivity index (χ1n) is 7.65. The van der Waals surface area contributed by atoms with Crippen LogP contribution in [0, 0.1) is 17.1 Å². The zero-order chi connectivity index (χ0) is 16.9. The second-order valence-corrected chi connectivity index (χ2v) is 4.90. The molecule has 1 aromatic carbocycles. The number of rotatable bonds is 10. The van der Waals surface area contributed by atoms with Gasteiger partial charge in [0.05, 0.1) is 0 Å². The molecule has 0 bridgehead atoms. The lowest BCUT2D eigenvalue weighted by Crippen LogP contribution is -2.26. The quantitative estimate of drug-likeness (QED) is 0.395. The molecule has 6 heteroatoms. The number of nitrogens with one attached hydrogen (secondary N) is 2. The molecular weight excluding hydrogens is 297 g/mol. The highest BCUT2D eigenvalue weighted by molar-refractivity contribution is 5.97. The van der Waals surface area contributed by atoms with Crippen LogP contribution in [-0.2, 0) is 9.53 Å². The third kappa shape index (κ3) is 7.98. The van der Waals surface area contributed by atoms with E-state index >= 15 is 0 Å². The molecule has 0 aromatic heterocycles. The van der Waals surface area contributed by atoms with E-state index in [2.05, 4.69) is 17.6 Å². The Morgan fingerprint density at radius 1 is 1.30 bits per heavy atom. The molecule has 124 valence electrons. The van der Waals surface area contributed by atoms with E-state index in [-0.39, 0.29) is 11.4 Å². The minimum Gasteiger partial charge on any atom is -0.381 e. The Labute approximate surface area is 136 Å². The molecule has 0 saturated heterocycles. The Kier molecular flexibility index (Phi) is 9.10. The zero-order valence-electron chi connectivity index (χ0n) is 13.3. The van der Waals surface area contributed by atoms with Gasteiger partial charge in [-0.25, -0.2) is 4.39 Å². The number of benzene rings is 1. The standard InChI is InChI=1S/C17H22FN3O2/c1-2-3-10-23-11-4-9-20-17(22)14(12-19)13-21-16-7-5-15(18)6-8-16/h5-8,13,21H,2-4,9-11H2,1H3,(H,20,22)/b14-13-. The Bertz CT molecular complexity index is 550. The molecule has 1 aromatic rings. The number of halogens is 1. The number of hydrogen-bond donors (Lipinski definition) is 2. The summed E-state index contributed by atoms with van der Waals surface area (Å²) < 4.78 is 18.2. The summed E-state index contributed by atoms with van der Waals surface area (Å²) in [5.41, 5.74) is 0.553. The van der Waals surface area contributed by atoms with Crippen molar-refractivity contribution in [3.63, 3.8) is 0 Å². The first kappa shape index (κ1) is 18.7. The Hall–Kier alpha value is -2.39. The van der Waals surface area contributed by atoms with Gasteiger partial charge in [0.25, 0.3) is 5.91 Å². The Morgan fingerprint density at radius 2 is 2.00 bits per heavy atom. The van der Waals surface area contributed by atoms with Crippen molar-refractivity contribution < 1.29 is 13.9 Å². The van der Waals surface area contributed by atoms with E-state index in [9.17, 15) is 9.18 Å². The van der Waals surface area contributed by atoms with Crippen LogP contribution in [0.25, 0.3) is 0 Å². The van der Waals surface area contributed by atoms with Crippen molar-refractivity contribution in [1.82, 2.24) is 5.32 Å². The predicted octanol–water partition coefficient (Wildman–Crippen LogP) is 2.97. The van der Waals surface area contributed by atoms with Gasteiger partial charge < -0.3 is 15.4 Å². The Balaban J connectivity index is 2.32. The minimum atomic E-state index is -0.448. The van der Waals surface area contributed by atoms with E-state index in [0.29, 0.717) is 25.3 Å². The number of ether oxygens (including phenoxy) is 1. The second-order valence-electron chi connectivity index (χ2n) is 4.90. The predicted molar refractivity (Wildman–Crippen MR) is 87.1 cm³/mol. The summed E-state index contributed by atoms with van der Waals surface area (Å²) in [7, 11) is 0. The lowest BCUT2D eigenvalue weighted by atomic mass is 10.2. The van der Waals surface area contributed by atoms with E-state index in [1.54, 1.807) is 0 Å². The highest BCUT2D eigenvalue weighted by Crippen LogP contribution is 2.08. The monoisotopic (exact) mass is 319 g/mol. The largest absolute Gasteiger partial charge is 0.381 e. The van der Waals surface area contributed by atoms with E-state index in [4.69, 9.17) is 10.00 Å². The maximum absolute atomic E-state index is 12.8. The van der Waals surface area contributed by atoms with Gasteiger partial charge in [0.15, 0.2) is 0 Å². The lowest BCUT2D eigenvalue weighted by molar-refractivity contribution is -0.117. The van der Waals surface area contributed by atoms with Crippen LogP contribution in [0.1, 0.15) is 26.2 Å². The molecular formula is C17H22FN3O2. The molecule has 0 radical (unpaired) electrons. The van der Waals surface area contributed by atoms with Crippen molar-refractivity contribution in [2.75, 3.05) is 25.1 Å². The van der Waals surface area contributed by atoms with Gasteiger partial charge in [0.2, 0.25) is 0 Å². The molecule has 23 heavy (non-hydrogen) atoms. The van der Waals surface area contributed by atoms with Gasteiger partial charge in [-0.05, 0) is 37.1 Å². The van der Waals surface area contributed by atoms with Crippen molar-refractivity contribution in [1.29, 1.82) is 5.26 Å². The molecule has 0 fully saturated rings. The number of unbranched alkanes of at least 4 members (excludes halogenated alkanes) is 1. The normalized spacial score (nSPS) is 10.9. The van der Waals surface area contributed by atoms with Crippen LogP contribution in [0.5, 0.6) is 0 Å². The summed E-state index contributed by atoms with van der Waals surface area (Å²) >= 11 is 0. The van der Waals surface area contributed by atoms with Crippen LogP contribution in [0.15, 0.2) is 36.0 Å². The Morgan fingerprint density at radius 3 is 2.65 bits per heavy atom. The molecule has 1 rings (SSSR count). The van der Waals surface area contributed by atoms with Crippen LogP contribution in [-0.4, -0.2) is 25.7 Å². The number of nitriles is 1. The van der Waals surface area contributed by atoms with E-state index in [1.807, 2.05) is 6.07 Å². The lowest BCUT2D eigenvalue weighted by Gasteiger charge is -2.06. The maximum atomic E-state index is 12.8. The van der Waals surface area contributed by atoms with Crippen molar-refractivity contribution in [3.8, 4) is 6.07 Å². The topological polar surface area (TPSA) is 74.1 Å². The van der Waals surface area contributed by atoms with Crippen molar-refractivity contribution >= 4 is 11.6 Å². The summed E-state index contributed by atoms with van der Waals surface area (Å²) in [4.78, 5) is 11.8. The molecule has 0 spiro atoms. The molecule has 0 heterocycles. The molecule has 0 atom stereocenters. The minimum absolute atomic E-state index is 0.0405. The van der Waals surface area contributed by atoms with E-state index in [1.165, 1.54) is 30.5 Å². The van der Waals surface area contributed by atoms with Crippen molar-refractivity contribution in [2.24, 2.45) is 0 Å². The van der Waals surface area contributed by atoms with Crippen LogP contribution < -0.4 is 10.6 Å². The molecule has 0 aliphatic rings. The van der Waals surface area contributed by atoms with Crippen molar-refractivity contribution in [2.45, 2.75) is 26.2 Å². The molecule has 1 amide bonds. The van der Waals surface area contributed by atoms with Gasteiger partial charge in [-0.1, -0.05) is 13.3 Å². The second kappa shape index (κ2) is 11.2. The number of carbonyl (C=O) groups is 1. The molecule has 0 saturated carbocycles. The van der Waals surface area contributed by atoms with Crippen LogP contribution in [0.3, 0.4) is 0 Å². The molecule has 0 aliphatic heterocycles. The summed E-state index contributed by atoms with van der Waals surface area (Å²) in [6.45, 7) is 3.86. The highest BCUT2D eigenvalue weighted by atomic mass is 19.1. The smallest absolute Gasteiger partial charge is 0.263 e. The van der Waals surface area contributed by atoms with Gasteiger partial charge in [0, 0.05) is 31.6 Å². The van der Waals surface area contributed by atoms with Gasteiger partial charge in [-0.15, -0.1) is 0 Å². The highest BCUT2D eigenvalue weighted by Gasteiger charge is 2.07. The maximum Gasteiger partial charge on any atom is 0.263 e. The number of amides is 1. The number of hydrogen-bond acceptors (Lipinski definition) is 4. The fraction of sp³-hybridized carbons (Fsp3) is 0.412. The number of anilines is 1. The van der Waals surface area contributed by atoms with Crippen LogP contribution in [0.4, 0.5) is 10.1 Å². The fourth-order valence-electron chi connectivity index (χ4n) is 1.67. The van der Waals surface area contributed by atoms with E-state index < -0.39 is 5.91 Å². The third-order valence-corrected chi connectivity index (χ3v) is 2.99.